The molecule has 4 nitrogen and oxygen atoms in total. The van der Waals surface area contributed by atoms with Crippen LogP contribution >= 0.6 is 12.2 Å². The van der Waals surface area contributed by atoms with Gasteiger partial charge in [0.2, 0.25) is 0 Å². The molecular weight excluding hydrogens is 260 g/mol. The molecule has 2 rings (SSSR count). The lowest BCUT2D eigenvalue weighted by Gasteiger charge is -2.22. The maximum absolute atomic E-state index is 12.1. The zero-order chi connectivity index (χ0) is 13.7. The van der Waals surface area contributed by atoms with E-state index >= 15 is 0 Å². The molecule has 0 aliphatic heterocycles. The second-order valence-electron chi connectivity index (χ2n) is 4.64. The molecule has 102 valence electrons. The summed E-state index contributed by atoms with van der Waals surface area (Å²) in [4.78, 5) is 14.4. The molecule has 0 saturated heterocycles. The highest BCUT2D eigenvalue weighted by atomic mass is 32.1. The number of nitrogens with two attached hydrogens (primary N) is 1. The van der Waals surface area contributed by atoms with Gasteiger partial charge in [-0.25, -0.2) is 0 Å². The van der Waals surface area contributed by atoms with E-state index in [1.165, 1.54) is 0 Å². The molecule has 5 heteroatoms. The van der Waals surface area contributed by atoms with Crippen LogP contribution in [0.2, 0.25) is 0 Å². The number of amides is 1. The van der Waals surface area contributed by atoms with E-state index in [1.807, 2.05) is 35.2 Å². The first-order valence-electron chi connectivity index (χ1n) is 6.42. The minimum Gasteiger partial charge on any atom is -0.484 e. The minimum atomic E-state index is 0.00241. The summed E-state index contributed by atoms with van der Waals surface area (Å²) in [5.41, 5.74) is 5.49. The molecule has 1 aromatic rings. The van der Waals surface area contributed by atoms with Crippen LogP contribution in [-0.2, 0) is 4.79 Å². The van der Waals surface area contributed by atoms with E-state index in [0.29, 0.717) is 29.7 Å². The molecule has 1 saturated carbocycles. The maximum Gasteiger partial charge on any atom is 0.260 e. The quantitative estimate of drug-likeness (QED) is 0.772. The van der Waals surface area contributed by atoms with Gasteiger partial charge in [0.25, 0.3) is 5.91 Å². The van der Waals surface area contributed by atoms with Gasteiger partial charge >= 0.3 is 0 Å². The van der Waals surface area contributed by atoms with Crippen molar-refractivity contribution in [2.75, 3.05) is 13.2 Å². The highest BCUT2D eigenvalue weighted by molar-refractivity contribution is 7.80. The van der Waals surface area contributed by atoms with Crippen molar-refractivity contribution < 1.29 is 9.53 Å². The van der Waals surface area contributed by atoms with E-state index in [1.54, 1.807) is 0 Å². The van der Waals surface area contributed by atoms with Crippen LogP contribution in [0, 0.1) is 0 Å². The fraction of sp³-hybridized carbons (Fsp3) is 0.429. The fourth-order valence-electron chi connectivity index (χ4n) is 1.87. The van der Waals surface area contributed by atoms with Crippen molar-refractivity contribution in [3.63, 3.8) is 0 Å². The zero-order valence-electron chi connectivity index (χ0n) is 10.7. The summed E-state index contributed by atoms with van der Waals surface area (Å²) in [6, 6.07) is 9.69. The van der Waals surface area contributed by atoms with Crippen LogP contribution in [0.25, 0.3) is 0 Å². The molecule has 1 fully saturated rings. The van der Waals surface area contributed by atoms with Crippen LogP contribution in [0.15, 0.2) is 30.3 Å². The number of hydrogen-bond donors (Lipinski definition) is 1. The number of thiocarbonyl (C=S) groups is 1. The summed E-state index contributed by atoms with van der Waals surface area (Å²) >= 11 is 4.86. The Hall–Kier alpha value is -1.62. The minimum absolute atomic E-state index is 0.00241. The average Bonchev–Trinajstić information content (AvgIpc) is 3.22. The average molecular weight is 278 g/mol. The molecule has 2 N–H and O–H groups in total. The molecule has 1 aliphatic carbocycles. The summed E-state index contributed by atoms with van der Waals surface area (Å²) in [7, 11) is 0. The normalized spacial score (nSPS) is 13.9. The van der Waals surface area contributed by atoms with Crippen LogP contribution in [0.5, 0.6) is 5.75 Å². The topological polar surface area (TPSA) is 55.6 Å². The van der Waals surface area contributed by atoms with E-state index < -0.39 is 0 Å². The van der Waals surface area contributed by atoms with Gasteiger partial charge in [0.15, 0.2) is 6.61 Å². The number of rotatable bonds is 7. The summed E-state index contributed by atoms with van der Waals surface area (Å²) in [6.45, 7) is 0.662. The van der Waals surface area contributed by atoms with Crippen molar-refractivity contribution in [1.29, 1.82) is 0 Å². The molecule has 0 bridgehead atoms. The van der Waals surface area contributed by atoms with Crippen LogP contribution < -0.4 is 10.5 Å². The van der Waals surface area contributed by atoms with E-state index in [9.17, 15) is 4.79 Å². The number of nitrogens with zero attached hydrogens (tertiary/aromatic N) is 1. The van der Waals surface area contributed by atoms with Gasteiger partial charge in [-0.2, -0.15) is 0 Å². The lowest BCUT2D eigenvalue weighted by molar-refractivity contribution is -0.133. The molecule has 0 spiro atoms. The largest absolute Gasteiger partial charge is 0.484 e. The van der Waals surface area contributed by atoms with Crippen LogP contribution in [0.3, 0.4) is 0 Å². The summed E-state index contributed by atoms with van der Waals surface area (Å²) in [6.07, 6.45) is 2.70. The smallest absolute Gasteiger partial charge is 0.260 e. The predicted molar refractivity (Wildman–Crippen MR) is 78.1 cm³/mol. The first-order valence-corrected chi connectivity index (χ1v) is 6.83. The molecule has 19 heavy (non-hydrogen) atoms. The molecule has 0 atom stereocenters. The maximum atomic E-state index is 12.1. The predicted octanol–water partition coefficient (Wildman–Crippen LogP) is 1.73. The molecule has 0 radical (unpaired) electrons. The van der Waals surface area contributed by atoms with Crippen molar-refractivity contribution >= 4 is 23.1 Å². The van der Waals surface area contributed by atoms with Crippen molar-refractivity contribution in [3.8, 4) is 5.75 Å². The standard InChI is InChI=1S/C14H18N2O2S/c15-13(19)8-9-16(11-6-7-11)14(17)10-18-12-4-2-1-3-5-12/h1-5,11H,6-10H2,(H2,15,19). The molecule has 0 unspecified atom stereocenters. The van der Waals surface area contributed by atoms with Gasteiger partial charge in [0.1, 0.15) is 5.75 Å². The van der Waals surface area contributed by atoms with Crippen LogP contribution in [0.4, 0.5) is 0 Å². The second kappa shape index (κ2) is 6.52. The first kappa shape index (κ1) is 13.8. The molecule has 1 amide bonds. The number of ether oxygens (including phenoxy) is 1. The Morgan fingerprint density at radius 1 is 1.37 bits per heavy atom. The second-order valence-corrected chi connectivity index (χ2v) is 5.16. The monoisotopic (exact) mass is 278 g/mol. The molecule has 0 aromatic heterocycles. The van der Waals surface area contributed by atoms with E-state index in [-0.39, 0.29) is 12.5 Å². The molecule has 1 aliphatic rings. The van der Waals surface area contributed by atoms with E-state index in [4.69, 9.17) is 22.7 Å². The lowest BCUT2D eigenvalue weighted by atomic mass is 10.3. The summed E-state index contributed by atoms with van der Waals surface area (Å²) in [5.74, 6) is 0.712. The molecule has 0 heterocycles. The van der Waals surface area contributed by atoms with E-state index in [2.05, 4.69) is 0 Å². The lowest BCUT2D eigenvalue weighted by Crippen LogP contribution is -2.38. The van der Waals surface area contributed by atoms with Gasteiger partial charge in [0, 0.05) is 19.0 Å². The molecule has 1 aromatic carbocycles. The van der Waals surface area contributed by atoms with Crippen molar-refractivity contribution in [1.82, 2.24) is 4.90 Å². The number of para-hydroxylation sites is 1. The molecular formula is C14H18N2O2S. The number of hydrogen-bond acceptors (Lipinski definition) is 3. The van der Waals surface area contributed by atoms with Crippen molar-refractivity contribution in [2.24, 2.45) is 5.73 Å². The summed E-state index contributed by atoms with van der Waals surface area (Å²) in [5, 5.41) is 0. The Morgan fingerprint density at radius 2 is 2.05 bits per heavy atom. The summed E-state index contributed by atoms with van der Waals surface area (Å²) < 4.78 is 5.48. The third-order valence-corrected chi connectivity index (χ3v) is 3.22. The van der Waals surface area contributed by atoms with Crippen LogP contribution in [-0.4, -0.2) is 35.0 Å². The Morgan fingerprint density at radius 3 is 2.63 bits per heavy atom. The van der Waals surface area contributed by atoms with Crippen molar-refractivity contribution in [2.45, 2.75) is 25.3 Å². The Kier molecular flexibility index (Phi) is 4.74. The van der Waals surface area contributed by atoms with Crippen molar-refractivity contribution in [3.05, 3.63) is 30.3 Å². The van der Waals surface area contributed by atoms with Gasteiger partial charge in [-0.3, -0.25) is 4.79 Å². The van der Waals surface area contributed by atoms with Gasteiger partial charge in [-0.1, -0.05) is 30.4 Å². The Labute approximate surface area is 118 Å². The Bertz CT molecular complexity index is 446. The highest BCUT2D eigenvalue weighted by Crippen LogP contribution is 2.27. The van der Waals surface area contributed by atoms with Gasteiger partial charge < -0.3 is 15.4 Å². The van der Waals surface area contributed by atoms with E-state index in [0.717, 1.165) is 12.8 Å². The Balaban J connectivity index is 1.83. The third kappa shape index (κ3) is 4.52. The van der Waals surface area contributed by atoms with Gasteiger partial charge in [0.05, 0.1) is 4.99 Å². The highest BCUT2D eigenvalue weighted by Gasteiger charge is 2.32. The van der Waals surface area contributed by atoms with Gasteiger partial charge in [-0.05, 0) is 25.0 Å². The number of carbonyl (C=O) groups is 1. The van der Waals surface area contributed by atoms with Gasteiger partial charge in [-0.15, -0.1) is 0 Å². The zero-order valence-corrected chi connectivity index (χ0v) is 11.6. The first-order chi connectivity index (χ1) is 9.16. The fourth-order valence-corrected chi connectivity index (χ4v) is 1.96. The third-order valence-electron chi connectivity index (χ3n) is 3.01. The van der Waals surface area contributed by atoms with Crippen LogP contribution in [0.1, 0.15) is 19.3 Å². The number of benzene rings is 1. The SMILES string of the molecule is NC(=S)CCN(C(=O)COc1ccccc1)C1CC1. The number of carbonyl (C=O) groups excluding carboxylic acids is 1.